The Hall–Kier alpha value is -2.10. The van der Waals surface area contributed by atoms with Crippen LogP contribution in [0.3, 0.4) is 0 Å². The topological polar surface area (TPSA) is 51.1 Å². The van der Waals surface area contributed by atoms with E-state index in [-0.39, 0.29) is 5.91 Å². The Morgan fingerprint density at radius 1 is 1.39 bits per heavy atom. The Labute approximate surface area is 105 Å². The standard InChI is InChI=1S/C14H14N2O2/c17-9-10-1-2-11-5-6-16(13(11)7-10)8-14(18)15-12-3-4-12/h1-2,5-7,9,12H,3-4,8H2,(H,15,18). The van der Waals surface area contributed by atoms with Crippen LogP contribution in [0.5, 0.6) is 0 Å². The van der Waals surface area contributed by atoms with Gasteiger partial charge in [0, 0.05) is 23.3 Å². The third kappa shape index (κ3) is 2.14. The van der Waals surface area contributed by atoms with Crippen LogP contribution in [0, 0.1) is 0 Å². The van der Waals surface area contributed by atoms with Crippen molar-refractivity contribution in [2.75, 3.05) is 0 Å². The molecular formula is C14H14N2O2. The van der Waals surface area contributed by atoms with Crippen molar-refractivity contribution in [3.05, 3.63) is 36.0 Å². The number of hydrogen-bond acceptors (Lipinski definition) is 2. The monoisotopic (exact) mass is 242 g/mol. The lowest BCUT2D eigenvalue weighted by Crippen LogP contribution is -2.29. The number of carbonyl (C=O) groups excluding carboxylic acids is 2. The summed E-state index contributed by atoms with van der Waals surface area (Å²) < 4.78 is 1.88. The van der Waals surface area contributed by atoms with Gasteiger partial charge in [0.25, 0.3) is 0 Å². The van der Waals surface area contributed by atoms with E-state index in [1.165, 1.54) is 0 Å². The average molecular weight is 242 g/mol. The SMILES string of the molecule is O=Cc1ccc2ccn(CC(=O)NC3CC3)c2c1. The molecule has 3 rings (SSSR count). The van der Waals surface area contributed by atoms with Gasteiger partial charge in [0.15, 0.2) is 0 Å². The molecule has 92 valence electrons. The molecule has 0 aliphatic heterocycles. The highest BCUT2D eigenvalue weighted by Gasteiger charge is 2.23. The number of amides is 1. The molecule has 4 nitrogen and oxygen atoms in total. The lowest BCUT2D eigenvalue weighted by molar-refractivity contribution is -0.121. The van der Waals surface area contributed by atoms with Gasteiger partial charge in [-0.2, -0.15) is 0 Å². The van der Waals surface area contributed by atoms with Crippen LogP contribution in [0.15, 0.2) is 30.5 Å². The van der Waals surface area contributed by atoms with Crippen LogP contribution >= 0.6 is 0 Å². The smallest absolute Gasteiger partial charge is 0.240 e. The van der Waals surface area contributed by atoms with Crippen LogP contribution in [0.2, 0.25) is 0 Å². The Balaban J connectivity index is 1.85. The fraction of sp³-hybridized carbons (Fsp3) is 0.286. The molecule has 0 bridgehead atoms. The van der Waals surface area contributed by atoms with Gasteiger partial charge in [0.1, 0.15) is 12.8 Å². The summed E-state index contributed by atoms with van der Waals surface area (Å²) in [7, 11) is 0. The third-order valence-electron chi connectivity index (χ3n) is 3.19. The van der Waals surface area contributed by atoms with Gasteiger partial charge in [-0.3, -0.25) is 9.59 Å². The molecule has 4 heteroatoms. The first-order valence-electron chi connectivity index (χ1n) is 6.10. The maximum atomic E-state index is 11.8. The second kappa shape index (κ2) is 4.29. The minimum Gasteiger partial charge on any atom is -0.352 e. The van der Waals surface area contributed by atoms with E-state index >= 15 is 0 Å². The van der Waals surface area contributed by atoms with Crippen molar-refractivity contribution in [1.29, 1.82) is 0 Å². The highest BCUT2D eigenvalue weighted by Crippen LogP contribution is 2.19. The Morgan fingerprint density at radius 3 is 2.94 bits per heavy atom. The van der Waals surface area contributed by atoms with Gasteiger partial charge in [-0.25, -0.2) is 0 Å². The number of nitrogens with one attached hydrogen (secondary N) is 1. The molecule has 0 saturated heterocycles. The number of benzene rings is 1. The van der Waals surface area contributed by atoms with E-state index in [0.29, 0.717) is 18.2 Å². The molecular weight excluding hydrogens is 228 g/mol. The first-order chi connectivity index (χ1) is 8.76. The van der Waals surface area contributed by atoms with Gasteiger partial charge in [-0.05, 0) is 30.4 Å². The highest BCUT2D eigenvalue weighted by molar-refractivity contribution is 5.88. The van der Waals surface area contributed by atoms with E-state index < -0.39 is 0 Å². The van der Waals surface area contributed by atoms with Crippen molar-refractivity contribution in [3.8, 4) is 0 Å². The largest absolute Gasteiger partial charge is 0.352 e. The molecule has 2 aromatic rings. The van der Waals surface area contributed by atoms with Gasteiger partial charge in [-0.1, -0.05) is 12.1 Å². The minimum absolute atomic E-state index is 0.0338. The van der Waals surface area contributed by atoms with Gasteiger partial charge in [-0.15, -0.1) is 0 Å². The summed E-state index contributed by atoms with van der Waals surface area (Å²) in [6.45, 7) is 0.308. The fourth-order valence-corrected chi connectivity index (χ4v) is 2.07. The fourth-order valence-electron chi connectivity index (χ4n) is 2.07. The summed E-state index contributed by atoms with van der Waals surface area (Å²) in [5.41, 5.74) is 1.55. The summed E-state index contributed by atoms with van der Waals surface area (Å²) in [5, 5.41) is 4.00. The van der Waals surface area contributed by atoms with Crippen LogP contribution < -0.4 is 5.32 Å². The van der Waals surface area contributed by atoms with Crippen LogP contribution in [-0.2, 0) is 11.3 Å². The van der Waals surface area contributed by atoms with Gasteiger partial charge in [0.05, 0.1) is 0 Å². The Bertz CT molecular complexity index is 611. The van der Waals surface area contributed by atoms with E-state index in [0.717, 1.165) is 30.0 Å². The molecule has 1 aromatic heterocycles. The highest BCUT2D eigenvalue weighted by atomic mass is 16.2. The quantitative estimate of drug-likeness (QED) is 0.830. The first-order valence-corrected chi connectivity index (χ1v) is 6.10. The second-order valence-electron chi connectivity index (χ2n) is 4.72. The number of fused-ring (bicyclic) bond motifs is 1. The van der Waals surface area contributed by atoms with Crippen LogP contribution in [0.1, 0.15) is 23.2 Å². The number of hydrogen-bond donors (Lipinski definition) is 1. The molecule has 0 atom stereocenters. The summed E-state index contributed by atoms with van der Waals surface area (Å²) in [6.07, 6.45) is 4.88. The van der Waals surface area contributed by atoms with Crippen molar-refractivity contribution in [3.63, 3.8) is 0 Å². The molecule has 1 saturated carbocycles. The van der Waals surface area contributed by atoms with Crippen molar-refractivity contribution >= 4 is 23.1 Å². The molecule has 1 N–H and O–H groups in total. The van der Waals surface area contributed by atoms with Crippen molar-refractivity contribution in [1.82, 2.24) is 9.88 Å². The van der Waals surface area contributed by atoms with Crippen molar-refractivity contribution < 1.29 is 9.59 Å². The molecule has 1 amide bonds. The number of carbonyl (C=O) groups is 2. The zero-order valence-corrected chi connectivity index (χ0v) is 9.93. The number of aromatic nitrogens is 1. The molecule has 1 fully saturated rings. The maximum Gasteiger partial charge on any atom is 0.240 e. The molecule has 0 radical (unpaired) electrons. The van der Waals surface area contributed by atoms with Crippen molar-refractivity contribution in [2.45, 2.75) is 25.4 Å². The predicted octanol–water partition coefficient (Wildman–Crippen LogP) is 1.73. The molecule has 1 heterocycles. The van der Waals surface area contributed by atoms with Gasteiger partial charge in [0.2, 0.25) is 5.91 Å². The molecule has 18 heavy (non-hydrogen) atoms. The second-order valence-corrected chi connectivity index (χ2v) is 4.72. The number of aldehydes is 1. The van der Waals surface area contributed by atoms with Crippen LogP contribution in [-0.4, -0.2) is 22.8 Å². The third-order valence-corrected chi connectivity index (χ3v) is 3.19. The Kier molecular flexibility index (Phi) is 2.63. The lowest BCUT2D eigenvalue weighted by atomic mass is 10.2. The first kappa shape index (κ1) is 11.0. The molecule has 0 spiro atoms. The zero-order chi connectivity index (χ0) is 12.5. The van der Waals surface area contributed by atoms with E-state index in [1.54, 1.807) is 6.07 Å². The predicted molar refractivity (Wildman–Crippen MR) is 68.5 cm³/mol. The maximum absolute atomic E-state index is 11.8. The number of nitrogens with zero attached hydrogens (tertiary/aromatic N) is 1. The van der Waals surface area contributed by atoms with E-state index in [2.05, 4.69) is 5.32 Å². The van der Waals surface area contributed by atoms with Crippen molar-refractivity contribution in [2.24, 2.45) is 0 Å². The normalized spacial score (nSPS) is 14.7. The molecule has 0 unspecified atom stereocenters. The summed E-state index contributed by atoms with van der Waals surface area (Å²) >= 11 is 0. The molecule has 1 aliphatic carbocycles. The lowest BCUT2D eigenvalue weighted by Gasteiger charge is -2.06. The minimum atomic E-state index is 0.0338. The summed E-state index contributed by atoms with van der Waals surface area (Å²) in [6, 6.07) is 7.82. The summed E-state index contributed by atoms with van der Waals surface area (Å²) in [4.78, 5) is 22.5. The van der Waals surface area contributed by atoms with Gasteiger partial charge >= 0.3 is 0 Å². The van der Waals surface area contributed by atoms with E-state index in [4.69, 9.17) is 0 Å². The van der Waals surface area contributed by atoms with Crippen LogP contribution in [0.25, 0.3) is 10.9 Å². The summed E-state index contributed by atoms with van der Waals surface area (Å²) in [5.74, 6) is 0.0338. The van der Waals surface area contributed by atoms with Gasteiger partial charge < -0.3 is 9.88 Å². The van der Waals surface area contributed by atoms with E-state index in [9.17, 15) is 9.59 Å². The Morgan fingerprint density at radius 2 is 2.22 bits per heavy atom. The molecule has 1 aromatic carbocycles. The number of rotatable bonds is 4. The molecule has 1 aliphatic rings. The zero-order valence-electron chi connectivity index (χ0n) is 9.93. The average Bonchev–Trinajstić information content (AvgIpc) is 3.10. The van der Waals surface area contributed by atoms with E-state index in [1.807, 2.05) is 29.0 Å². The van der Waals surface area contributed by atoms with Crippen LogP contribution in [0.4, 0.5) is 0 Å².